The van der Waals surface area contributed by atoms with E-state index in [1.54, 1.807) is 18.2 Å². The molecule has 0 bridgehead atoms. The van der Waals surface area contributed by atoms with Gasteiger partial charge in [-0.25, -0.2) is 0 Å². The molecule has 0 saturated carbocycles. The smallest absolute Gasteiger partial charge is 0.313 e. The molecule has 6 heteroatoms. The Morgan fingerprint density at radius 1 is 0.962 bits per heavy atom. The van der Waals surface area contributed by atoms with Crippen LogP contribution in [0.15, 0.2) is 54.6 Å². The summed E-state index contributed by atoms with van der Waals surface area (Å²) in [6.07, 6.45) is 1.62. The molecule has 0 aliphatic carbocycles. The van der Waals surface area contributed by atoms with E-state index in [9.17, 15) is 14.7 Å². The molecule has 26 heavy (non-hydrogen) atoms. The highest BCUT2D eigenvalue weighted by Crippen LogP contribution is 2.21. The quantitative estimate of drug-likeness (QED) is 0.581. The Kier molecular flexibility index (Phi) is 5.86. The Bertz CT molecular complexity index is 756. The maximum absolute atomic E-state index is 12.1. The SMILES string of the molecule is O=C(Nc1ccccc1O)C(=O)NC1CCN(Cc2ccccc2)CC1. The van der Waals surface area contributed by atoms with Gasteiger partial charge >= 0.3 is 11.8 Å². The van der Waals surface area contributed by atoms with Crippen molar-refractivity contribution in [3.8, 4) is 5.75 Å². The highest BCUT2D eigenvalue weighted by Gasteiger charge is 2.23. The highest BCUT2D eigenvalue weighted by molar-refractivity contribution is 6.39. The number of phenolic OH excluding ortho intramolecular Hbond substituents is 1. The Hall–Kier alpha value is -2.86. The van der Waals surface area contributed by atoms with E-state index in [2.05, 4.69) is 27.7 Å². The molecule has 2 aromatic rings. The van der Waals surface area contributed by atoms with E-state index in [0.29, 0.717) is 0 Å². The van der Waals surface area contributed by atoms with Crippen molar-refractivity contribution in [1.29, 1.82) is 0 Å². The molecule has 1 aliphatic rings. The molecule has 1 aliphatic heterocycles. The first-order chi connectivity index (χ1) is 12.6. The van der Waals surface area contributed by atoms with Crippen molar-refractivity contribution >= 4 is 17.5 Å². The van der Waals surface area contributed by atoms with Crippen LogP contribution in [-0.2, 0) is 16.1 Å². The Labute approximate surface area is 152 Å². The number of hydrogen-bond donors (Lipinski definition) is 3. The van der Waals surface area contributed by atoms with Crippen LogP contribution in [0.2, 0.25) is 0 Å². The van der Waals surface area contributed by atoms with Gasteiger partial charge in [0.25, 0.3) is 0 Å². The number of piperidine rings is 1. The molecule has 136 valence electrons. The second-order valence-corrected chi connectivity index (χ2v) is 6.48. The first-order valence-corrected chi connectivity index (χ1v) is 8.78. The fourth-order valence-corrected chi connectivity index (χ4v) is 3.09. The molecule has 0 unspecified atom stereocenters. The van der Waals surface area contributed by atoms with Gasteiger partial charge in [-0.05, 0) is 30.5 Å². The predicted octanol–water partition coefficient (Wildman–Crippen LogP) is 2.11. The zero-order chi connectivity index (χ0) is 18.4. The number of likely N-dealkylation sites (tertiary alicyclic amines) is 1. The highest BCUT2D eigenvalue weighted by atomic mass is 16.3. The number of benzene rings is 2. The fraction of sp³-hybridized carbons (Fsp3) is 0.300. The van der Waals surface area contributed by atoms with Crippen LogP contribution in [0, 0.1) is 0 Å². The van der Waals surface area contributed by atoms with E-state index in [1.807, 2.05) is 18.2 Å². The average molecular weight is 353 g/mol. The van der Waals surface area contributed by atoms with Crippen molar-refractivity contribution < 1.29 is 14.7 Å². The molecule has 2 aromatic carbocycles. The van der Waals surface area contributed by atoms with E-state index in [0.717, 1.165) is 32.5 Å². The molecule has 2 amide bonds. The summed E-state index contributed by atoms with van der Waals surface area (Å²) in [7, 11) is 0. The molecule has 0 spiro atoms. The standard InChI is InChI=1S/C20H23N3O3/c24-18-9-5-4-8-17(18)22-20(26)19(25)21-16-10-12-23(13-11-16)14-15-6-2-1-3-7-15/h1-9,16,24H,10-14H2,(H,21,25)(H,22,26). The van der Waals surface area contributed by atoms with Crippen LogP contribution in [0.4, 0.5) is 5.69 Å². The number of carbonyl (C=O) groups is 2. The molecule has 0 aromatic heterocycles. The van der Waals surface area contributed by atoms with E-state index in [1.165, 1.54) is 11.6 Å². The minimum atomic E-state index is -0.766. The van der Waals surface area contributed by atoms with Crippen LogP contribution in [-0.4, -0.2) is 41.0 Å². The number of carbonyl (C=O) groups excluding carboxylic acids is 2. The molecule has 0 atom stereocenters. The van der Waals surface area contributed by atoms with Crippen molar-refractivity contribution in [2.75, 3.05) is 18.4 Å². The van der Waals surface area contributed by atoms with Crippen molar-refractivity contribution in [2.45, 2.75) is 25.4 Å². The van der Waals surface area contributed by atoms with Gasteiger partial charge in [-0.3, -0.25) is 14.5 Å². The Morgan fingerprint density at radius 2 is 1.62 bits per heavy atom. The first kappa shape index (κ1) is 17.9. The third kappa shape index (κ3) is 4.83. The van der Waals surface area contributed by atoms with Crippen molar-refractivity contribution in [1.82, 2.24) is 10.2 Å². The van der Waals surface area contributed by atoms with E-state index in [-0.39, 0.29) is 17.5 Å². The van der Waals surface area contributed by atoms with Crippen molar-refractivity contribution in [2.24, 2.45) is 0 Å². The number of aromatic hydroxyl groups is 1. The second-order valence-electron chi connectivity index (χ2n) is 6.48. The lowest BCUT2D eigenvalue weighted by Crippen LogP contribution is -2.47. The molecule has 6 nitrogen and oxygen atoms in total. The van der Waals surface area contributed by atoms with Gasteiger partial charge in [-0.2, -0.15) is 0 Å². The van der Waals surface area contributed by atoms with Crippen LogP contribution in [0.1, 0.15) is 18.4 Å². The van der Waals surface area contributed by atoms with Crippen molar-refractivity contribution in [3.63, 3.8) is 0 Å². The predicted molar refractivity (Wildman–Crippen MR) is 99.6 cm³/mol. The Balaban J connectivity index is 1.44. The summed E-state index contributed by atoms with van der Waals surface area (Å²) in [5.41, 5.74) is 1.50. The third-order valence-electron chi connectivity index (χ3n) is 4.53. The number of para-hydroxylation sites is 2. The molecule has 1 heterocycles. The van der Waals surface area contributed by atoms with Gasteiger partial charge in [0.15, 0.2) is 0 Å². The minimum absolute atomic E-state index is 0.00959. The largest absolute Gasteiger partial charge is 0.506 e. The van der Waals surface area contributed by atoms with E-state index in [4.69, 9.17) is 0 Å². The van der Waals surface area contributed by atoms with Crippen LogP contribution in [0.25, 0.3) is 0 Å². The fourth-order valence-electron chi connectivity index (χ4n) is 3.09. The van der Waals surface area contributed by atoms with Gasteiger partial charge in [0, 0.05) is 25.7 Å². The number of anilines is 1. The van der Waals surface area contributed by atoms with Crippen LogP contribution < -0.4 is 10.6 Å². The summed E-state index contributed by atoms with van der Waals surface area (Å²) >= 11 is 0. The number of phenols is 1. The van der Waals surface area contributed by atoms with Crippen molar-refractivity contribution in [3.05, 3.63) is 60.2 Å². The van der Waals surface area contributed by atoms with E-state index >= 15 is 0 Å². The molecular formula is C20H23N3O3. The zero-order valence-corrected chi connectivity index (χ0v) is 14.5. The summed E-state index contributed by atoms with van der Waals surface area (Å²) in [6, 6.07) is 16.6. The molecule has 3 rings (SSSR count). The molecule has 0 radical (unpaired) electrons. The van der Waals surface area contributed by atoms with Crippen LogP contribution >= 0.6 is 0 Å². The monoisotopic (exact) mass is 353 g/mol. The second kappa shape index (κ2) is 8.49. The number of nitrogens with zero attached hydrogens (tertiary/aromatic N) is 1. The number of amides is 2. The third-order valence-corrected chi connectivity index (χ3v) is 4.53. The lowest BCUT2D eigenvalue weighted by Gasteiger charge is -2.32. The lowest BCUT2D eigenvalue weighted by molar-refractivity contribution is -0.136. The molecule has 1 fully saturated rings. The summed E-state index contributed by atoms with van der Waals surface area (Å²) in [5.74, 6) is -1.50. The van der Waals surface area contributed by atoms with Gasteiger partial charge in [0.2, 0.25) is 0 Å². The lowest BCUT2D eigenvalue weighted by atomic mass is 10.0. The molecular weight excluding hydrogens is 330 g/mol. The number of rotatable bonds is 4. The summed E-state index contributed by atoms with van der Waals surface area (Å²) in [4.78, 5) is 26.4. The first-order valence-electron chi connectivity index (χ1n) is 8.78. The number of nitrogens with one attached hydrogen (secondary N) is 2. The minimum Gasteiger partial charge on any atom is -0.506 e. The van der Waals surface area contributed by atoms with Crippen LogP contribution in [0.3, 0.4) is 0 Å². The number of hydrogen-bond acceptors (Lipinski definition) is 4. The normalized spacial score (nSPS) is 15.4. The topological polar surface area (TPSA) is 81.7 Å². The van der Waals surface area contributed by atoms with E-state index < -0.39 is 11.8 Å². The average Bonchev–Trinajstić information content (AvgIpc) is 2.66. The maximum atomic E-state index is 12.1. The Morgan fingerprint density at radius 3 is 2.31 bits per heavy atom. The van der Waals surface area contributed by atoms with Gasteiger partial charge < -0.3 is 15.7 Å². The van der Waals surface area contributed by atoms with Gasteiger partial charge in [0.1, 0.15) is 5.75 Å². The maximum Gasteiger partial charge on any atom is 0.313 e. The molecule has 1 saturated heterocycles. The van der Waals surface area contributed by atoms with Gasteiger partial charge in [0.05, 0.1) is 5.69 Å². The molecule has 3 N–H and O–H groups in total. The van der Waals surface area contributed by atoms with Gasteiger partial charge in [-0.15, -0.1) is 0 Å². The summed E-state index contributed by atoms with van der Waals surface area (Å²) in [6.45, 7) is 2.65. The van der Waals surface area contributed by atoms with Gasteiger partial charge in [-0.1, -0.05) is 42.5 Å². The summed E-state index contributed by atoms with van der Waals surface area (Å²) < 4.78 is 0. The zero-order valence-electron chi connectivity index (χ0n) is 14.5. The summed E-state index contributed by atoms with van der Waals surface area (Å²) in [5, 5.41) is 14.9. The van der Waals surface area contributed by atoms with Crippen LogP contribution in [0.5, 0.6) is 5.75 Å².